The van der Waals surface area contributed by atoms with E-state index in [1.807, 2.05) is 13.8 Å². The van der Waals surface area contributed by atoms with Crippen LogP contribution in [0.25, 0.3) is 0 Å². The Labute approximate surface area is 117 Å². The van der Waals surface area contributed by atoms with Crippen molar-refractivity contribution in [3.8, 4) is 0 Å². The minimum atomic E-state index is -0.928. The second kappa shape index (κ2) is 5.22. The van der Waals surface area contributed by atoms with Crippen molar-refractivity contribution in [3.05, 3.63) is 0 Å². The molecule has 0 aliphatic carbocycles. The predicted octanol–water partition coefficient (Wildman–Crippen LogP) is 0.196. The van der Waals surface area contributed by atoms with E-state index in [-0.39, 0.29) is 24.5 Å². The van der Waals surface area contributed by atoms with Gasteiger partial charge in [0.05, 0.1) is 0 Å². The highest BCUT2D eigenvalue weighted by Crippen LogP contribution is 2.23. The number of nitrogens with zero attached hydrogens (tertiary/aromatic N) is 3. The van der Waals surface area contributed by atoms with Crippen molar-refractivity contribution in [2.45, 2.75) is 45.2 Å². The van der Waals surface area contributed by atoms with Crippen LogP contribution in [0.15, 0.2) is 0 Å². The fraction of sp³-hybridized carbons (Fsp3) is 0.692. The monoisotopic (exact) mass is 281 g/mol. The van der Waals surface area contributed by atoms with Crippen molar-refractivity contribution >= 4 is 23.8 Å². The number of hydrogen-bond acceptors (Lipinski definition) is 4. The molecule has 2 saturated heterocycles. The Kier molecular flexibility index (Phi) is 3.78. The summed E-state index contributed by atoms with van der Waals surface area (Å²) in [6.45, 7) is 3.55. The van der Waals surface area contributed by atoms with Gasteiger partial charge < -0.3 is 4.90 Å². The third-order valence-corrected chi connectivity index (χ3v) is 4.03. The van der Waals surface area contributed by atoms with Crippen molar-refractivity contribution in [3.63, 3.8) is 0 Å². The van der Waals surface area contributed by atoms with E-state index < -0.39 is 17.8 Å². The number of amides is 5. The van der Waals surface area contributed by atoms with Crippen LogP contribution in [-0.2, 0) is 14.4 Å². The predicted molar refractivity (Wildman–Crippen MR) is 69.5 cm³/mol. The summed E-state index contributed by atoms with van der Waals surface area (Å²) >= 11 is 0. The van der Waals surface area contributed by atoms with E-state index in [0.717, 1.165) is 29.1 Å². The summed E-state index contributed by atoms with van der Waals surface area (Å²) in [6.07, 6.45) is 2.89. The smallest absolute Gasteiger partial charge is 0.334 e. The number of likely N-dealkylation sites (N-methyl/N-ethyl adjacent to an activating group) is 1. The van der Waals surface area contributed by atoms with Gasteiger partial charge in [-0.2, -0.15) is 0 Å². The van der Waals surface area contributed by atoms with Crippen LogP contribution in [0.2, 0.25) is 0 Å². The number of rotatable bonds is 2. The number of imide groups is 2. The largest absolute Gasteiger partial charge is 0.336 e. The molecule has 2 aliphatic heterocycles. The minimum absolute atomic E-state index is 0.0903. The number of urea groups is 1. The quantitative estimate of drug-likeness (QED) is 0.535. The molecular formula is C13H19N3O4. The zero-order chi connectivity index (χ0) is 15.0. The summed E-state index contributed by atoms with van der Waals surface area (Å²) in [7, 11) is 1.24. The van der Waals surface area contributed by atoms with Gasteiger partial charge >= 0.3 is 17.8 Å². The maximum absolute atomic E-state index is 12.3. The van der Waals surface area contributed by atoms with Gasteiger partial charge in [-0.1, -0.05) is 0 Å². The molecule has 5 amide bonds. The van der Waals surface area contributed by atoms with Gasteiger partial charge in [0.15, 0.2) is 0 Å². The van der Waals surface area contributed by atoms with Gasteiger partial charge in [0.25, 0.3) is 0 Å². The molecule has 0 bridgehead atoms. The van der Waals surface area contributed by atoms with Gasteiger partial charge in [-0.25, -0.2) is 9.69 Å². The first-order valence-corrected chi connectivity index (χ1v) is 6.79. The molecular weight excluding hydrogens is 262 g/mol. The Morgan fingerprint density at radius 1 is 1.10 bits per heavy atom. The van der Waals surface area contributed by atoms with Crippen LogP contribution in [0.1, 0.15) is 33.1 Å². The summed E-state index contributed by atoms with van der Waals surface area (Å²) in [4.78, 5) is 50.3. The number of piperidine rings is 1. The fourth-order valence-corrected chi connectivity index (χ4v) is 2.88. The summed E-state index contributed by atoms with van der Waals surface area (Å²) < 4.78 is 0. The molecule has 110 valence electrons. The highest BCUT2D eigenvalue weighted by Gasteiger charge is 2.44. The molecule has 0 unspecified atom stereocenters. The number of hydrogen-bond donors (Lipinski definition) is 0. The highest BCUT2D eigenvalue weighted by atomic mass is 16.2. The van der Waals surface area contributed by atoms with Crippen LogP contribution in [-0.4, -0.2) is 64.1 Å². The van der Waals surface area contributed by atoms with E-state index >= 15 is 0 Å². The zero-order valence-electron chi connectivity index (χ0n) is 12.0. The lowest BCUT2D eigenvalue weighted by Crippen LogP contribution is -2.52. The third kappa shape index (κ3) is 2.28. The van der Waals surface area contributed by atoms with Gasteiger partial charge in [-0.05, 0) is 33.1 Å². The first-order valence-electron chi connectivity index (χ1n) is 6.79. The number of carbonyl (C=O) groups excluding carboxylic acids is 4. The summed E-state index contributed by atoms with van der Waals surface area (Å²) in [5.41, 5.74) is 0. The van der Waals surface area contributed by atoms with Crippen molar-refractivity contribution in [1.29, 1.82) is 0 Å². The molecule has 0 spiro atoms. The van der Waals surface area contributed by atoms with Crippen molar-refractivity contribution < 1.29 is 19.2 Å². The lowest BCUT2D eigenvalue weighted by molar-refractivity contribution is -0.146. The normalized spacial score (nSPS) is 27.6. The summed E-state index contributed by atoms with van der Waals surface area (Å²) in [5.74, 6) is -2.10. The molecule has 2 aliphatic rings. The average Bonchev–Trinajstić information content (AvgIpc) is 2.56. The molecule has 0 aromatic rings. The van der Waals surface area contributed by atoms with E-state index in [1.165, 1.54) is 7.05 Å². The highest BCUT2D eigenvalue weighted by molar-refractivity contribution is 6.44. The van der Waals surface area contributed by atoms with Gasteiger partial charge in [0.1, 0.15) is 6.54 Å². The van der Waals surface area contributed by atoms with Crippen molar-refractivity contribution in [2.75, 3.05) is 13.6 Å². The van der Waals surface area contributed by atoms with E-state index in [1.54, 1.807) is 4.90 Å². The molecule has 2 atom stereocenters. The number of likely N-dealkylation sites (tertiary alicyclic amines) is 1. The topological polar surface area (TPSA) is 78.0 Å². The Balaban J connectivity index is 2.10. The van der Waals surface area contributed by atoms with Crippen LogP contribution in [0.3, 0.4) is 0 Å². The molecule has 20 heavy (non-hydrogen) atoms. The molecule has 2 fully saturated rings. The molecule has 0 aromatic carbocycles. The molecule has 7 heteroatoms. The molecule has 2 heterocycles. The van der Waals surface area contributed by atoms with E-state index in [9.17, 15) is 19.2 Å². The number of carbonyl (C=O) groups is 4. The maximum Gasteiger partial charge on any atom is 0.334 e. The van der Waals surface area contributed by atoms with Crippen LogP contribution in [0.5, 0.6) is 0 Å². The van der Waals surface area contributed by atoms with Crippen molar-refractivity contribution in [1.82, 2.24) is 14.7 Å². The molecule has 0 radical (unpaired) electrons. The fourth-order valence-electron chi connectivity index (χ4n) is 2.88. The third-order valence-electron chi connectivity index (χ3n) is 4.03. The SMILES string of the molecule is C[C@@H]1CCC[C@H](C)N1C(=O)CN1C(=O)C(=O)N(C)C1=O. The van der Waals surface area contributed by atoms with Crippen LogP contribution < -0.4 is 0 Å². The molecule has 7 nitrogen and oxygen atoms in total. The van der Waals surface area contributed by atoms with Crippen molar-refractivity contribution in [2.24, 2.45) is 0 Å². The summed E-state index contributed by atoms with van der Waals surface area (Å²) in [6, 6.07) is -0.550. The van der Waals surface area contributed by atoms with Gasteiger partial charge in [-0.3, -0.25) is 19.3 Å². The Morgan fingerprint density at radius 3 is 2.10 bits per heavy atom. The first kappa shape index (κ1) is 14.5. The molecule has 0 N–H and O–H groups in total. The Hall–Kier alpha value is -1.92. The zero-order valence-corrected chi connectivity index (χ0v) is 12.0. The van der Waals surface area contributed by atoms with E-state index in [0.29, 0.717) is 0 Å². The molecule has 0 aromatic heterocycles. The maximum atomic E-state index is 12.3. The van der Waals surface area contributed by atoms with Gasteiger partial charge in [-0.15, -0.1) is 0 Å². The standard InChI is InChI=1S/C13H19N3O4/c1-8-5-4-6-9(2)16(8)10(17)7-15-12(19)11(18)14(3)13(15)20/h8-9H,4-7H2,1-3H3/t8-,9+. The Bertz CT molecular complexity index is 466. The van der Waals surface area contributed by atoms with Gasteiger partial charge in [0.2, 0.25) is 5.91 Å². The second-order valence-electron chi connectivity index (χ2n) is 5.47. The molecule has 0 saturated carbocycles. The van der Waals surface area contributed by atoms with E-state index in [2.05, 4.69) is 0 Å². The minimum Gasteiger partial charge on any atom is -0.336 e. The van der Waals surface area contributed by atoms with Crippen LogP contribution in [0, 0.1) is 0 Å². The van der Waals surface area contributed by atoms with E-state index in [4.69, 9.17) is 0 Å². The average molecular weight is 281 g/mol. The van der Waals surface area contributed by atoms with Gasteiger partial charge in [0, 0.05) is 19.1 Å². The summed E-state index contributed by atoms with van der Waals surface area (Å²) in [5, 5.41) is 0. The second-order valence-corrected chi connectivity index (χ2v) is 5.47. The lowest BCUT2D eigenvalue weighted by atomic mass is 9.97. The molecule has 2 rings (SSSR count). The van der Waals surface area contributed by atoms with Crippen LogP contribution >= 0.6 is 0 Å². The lowest BCUT2D eigenvalue weighted by Gasteiger charge is -2.39. The van der Waals surface area contributed by atoms with Crippen LogP contribution in [0.4, 0.5) is 4.79 Å². The Morgan fingerprint density at radius 2 is 1.65 bits per heavy atom. The first-order chi connectivity index (χ1) is 9.34.